The van der Waals surface area contributed by atoms with Crippen LogP contribution in [0.1, 0.15) is 0 Å². The van der Waals surface area contributed by atoms with E-state index >= 15 is 0 Å². The van der Waals surface area contributed by atoms with Gasteiger partial charge in [0.15, 0.2) is 0 Å². The van der Waals surface area contributed by atoms with E-state index in [1.54, 1.807) is 11.8 Å². The Hall–Kier alpha value is -0.940. The molecule has 74 valence electrons. The number of thioether (sulfide) groups is 1. The lowest BCUT2D eigenvalue weighted by Crippen LogP contribution is -2.42. The zero-order chi connectivity index (χ0) is 9.97. The molecule has 5 heteroatoms. The molecule has 0 saturated carbocycles. The summed E-state index contributed by atoms with van der Waals surface area (Å²) < 4.78 is 0. The van der Waals surface area contributed by atoms with Gasteiger partial charge in [0.1, 0.15) is 5.71 Å². The molecule has 1 N–H and O–H groups in total. The average molecular weight is 210 g/mol. The van der Waals surface area contributed by atoms with E-state index in [0.717, 1.165) is 18.8 Å². The van der Waals surface area contributed by atoms with Gasteiger partial charge in [0.05, 0.1) is 5.25 Å². The van der Waals surface area contributed by atoms with Crippen molar-refractivity contribution >= 4 is 29.0 Å². The van der Waals surface area contributed by atoms with Crippen molar-refractivity contribution < 1.29 is 9.59 Å². The molecule has 1 saturated heterocycles. The van der Waals surface area contributed by atoms with Gasteiger partial charge in [-0.1, -0.05) is 0 Å². The topological polar surface area (TPSA) is 58.5 Å². The highest BCUT2D eigenvalue weighted by molar-refractivity contribution is 8.00. The minimum Gasteiger partial charge on any atom is -0.314 e. The first-order chi connectivity index (χ1) is 6.79. The number of Topliss-reactive ketones (excluding diaryl/α,β-unsaturated/α-hetero) is 1. The highest BCUT2D eigenvalue weighted by Crippen LogP contribution is 2.17. The molecule has 1 unspecified atom stereocenters. The molecule has 0 radical (unpaired) electrons. The minimum atomic E-state index is -0.457. The normalized spacial score (nSPS) is 27.7. The smallest absolute Gasteiger partial charge is 0.248 e. The summed E-state index contributed by atoms with van der Waals surface area (Å²) in [6.45, 7) is 1.67. The predicted octanol–water partition coefficient (Wildman–Crippen LogP) is -0.202. The number of nitrogens with one attached hydrogen (secondary N) is 1. The van der Waals surface area contributed by atoms with Gasteiger partial charge in [-0.05, 0) is 0 Å². The standard InChI is InChI=1S/C9H10N2O2S/c12-6-1-2-11-8(9(6)13)7-5-10-3-4-14-7/h1-2,7,10H,3-5H2. The highest BCUT2D eigenvalue weighted by atomic mass is 32.2. The van der Waals surface area contributed by atoms with Crippen molar-refractivity contribution in [2.24, 2.45) is 4.99 Å². The second kappa shape index (κ2) is 4.06. The van der Waals surface area contributed by atoms with E-state index in [2.05, 4.69) is 10.3 Å². The summed E-state index contributed by atoms with van der Waals surface area (Å²) in [7, 11) is 0. The van der Waals surface area contributed by atoms with Crippen LogP contribution in [0.3, 0.4) is 0 Å². The van der Waals surface area contributed by atoms with Crippen LogP contribution in [0.25, 0.3) is 0 Å². The Labute approximate surface area is 85.8 Å². The van der Waals surface area contributed by atoms with Crippen LogP contribution in [0.5, 0.6) is 0 Å². The van der Waals surface area contributed by atoms with Gasteiger partial charge in [0.25, 0.3) is 0 Å². The lowest BCUT2D eigenvalue weighted by molar-refractivity contribution is -0.130. The number of hydrogen-bond donors (Lipinski definition) is 1. The lowest BCUT2D eigenvalue weighted by atomic mass is 10.1. The molecule has 0 bridgehead atoms. The molecule has 14 heavy (non-hydrogen) atoms. The third-order valence-corrected chi connectivity index (χ3v) is 3.36. The van der Waals surface area contributed by atoms with Crippen molar-refractivity contribution in [1.82, 2.24) is 5.32 Å². The largest absolute Gasteiger partial charge is 0.314 e. The van der Waals surface area contributed by atoms with Gasteiger partial charge in [-0.25, -0.2) is 0 Å². The highest BCUT2D eigenvalue weighted by Gasteiger charge is 2.29. The van der Waals surface area contributed by atoms with E-state index in [-0.39, 0.29) is 5.25 Å². The van der Waals surface area contributed by atoms with Crippen molar-refractivity contribution in [2.75, 3.05) is 18.8 Å². The van der Waals surface area contributed by atoms with Crippen LogP contribution in [0, 0.1) is 0 Å². The van der Waals surface area contributed by atoms with Gasteiger partial charge < -0.3 is 5.32 Å². The van der Waals surface area contributed by atoms with E-state index in [0.29, 0.717) is 5.71 Å². The first-order valence-electron chi connectivity index (χ1n) is 4.44. The molecular weight excluding hydrogens is 200 g/mol. The molecule has 0 aromatic carbocycles. The molecule has 1 fully saturated rings. The second-order valence-corrected chi connectivity index (χ2v) is 4.40. The number of carbonyl (C=O) groups excluding carboxylic acids is 2. The maximum absolute atomic E-state index is 11.5. The Morgan fingerprint density at radius 1 is 1.50 bits per heavy atom. The Morgan fingerprint density at radius 3 is 3.07 bits per heavy atom. The lowest BCUT2D eigenvalue weighted by Gasteiger charge is -2.23. The van der Waals surface area contributed by atoms with Crippen molar-refractivity contribution in [3.8, 4) is 0 Å². The Kier molecular flexibility index (Phi) is 2.79. The molecule has 0 aromatic rings. The number of aliphatic imine (C=N–C) groups is 1. The number of nitrogens with zero attached hydrogens (tertiary/aromatic N) is 1. The van der Waals surface area contributed by atoms with Crippen LogP contribution in [-0.2, 0) is 9.59 Å². The maximum Gasteiger partial charge on any atom is 0.248 e. The van der Waals surface area contributed by atoms with E-state index in [1.165, 1.54) is 12.3 Å². The molecule has 2 heterocycles. The van der Waals surface area contributed by atoms with Crippen molar-refractivity contribution in [3.63, 3.8) is 0 Å². The first kappa shape index (κ1) is 9.61. The Bertz CT molecular complexity index is 330. The molecule has 0 aliphatic carbocycles. The molecule has 0 aromatic heterocycles. The van der Waals surface area contributed by atoms with Gasteiger partial charge in [-0.15, -0.1) is 11.8 Å². The summed E-state index contributed by atoms with van der Waals surface area (Å²) in [6.07, 6.45) is 2.63. The average Bonchev–Trinajstić information content (AvgIpc) is 2.23. The zero-order valence-electron chi connectivity index (χ0n) is 7.53. The van der Waals surface area contributed by atoms with Gasteiger partial charge in [0.2, 0.25) is 11.6 Å². The summed E-state index contributed by atoms with van der Waals surface area (Å²) in [5.74, 6) is 0.0457. The zero-order valence-corrected chi connectivity index (χ0v) is 8.34. The molecule has 2 aliphatic heterocycles. The van der Waals surface area contributed by atoms with Crippen molar-refractivity contribution in [1.29, 1.82) is 0 Å². The van der Waals surface area contributed by atoms with E-state index in [4.69, 9.17) is 0 Å². The summed E-state index contributed by atoms with van der Waals surface area (Å²) in [6, 6.07) is 0. The maximum atomic E-state index is 11.5. The fraction of sp³-hybridized carbons (Fsp3) is 0.444. The van der Waals surface area contributed by atoms with E-state index in [9.17, 15) is 9.59 Å². The van der Waals surface area contributed by atoms with Crippen LogP contribution in [-0.4, -0.2) is 41.4 Å². The van der Waals surface area contributed by atoms with Crippen molar-refractivity contribution in [2.45, 2.75) is 5.25 Å². The van der Waals surface area contributed by atoms with Gasteiger partial charge in [-0.3, -0.25) is 14.6 Å². The number of rotatable bonds is 1. The van der Waals surface area contributed by atoms with Crippen LogP contribution in [0.2, 0.25) is 0 Å². The van der Waals surface area contributed by atoms with E-state index in [1.807, 2.05) is 0 Å². The molecule has 4 nitrogen and oxygen atoms in total. The predicted molar refractivity (Wildman–Crippen MR) is 55.7 cm³/mol. The Balaban J connectivity index is 2.16. The van der Waals surface area contributed by atoms with Crippen LogP contribution >= 0.6 is 11.8 Å². The molecule has 2 rings (SSSR count). The first-order valence-corrected chi connectivity index (χ1v) is 5.49. The summed E-state index contributed by atoms with van der Waals surface area (Å²) in [5.41, 5.74) is 0.398. The fourth-order valence-corrected chi connectivity index (χ4v) is 2.52. The van der Waals surface area contributed by atoms with Gasteiger partial charge in [-0.2, -0.15) is 0 Å². The van der Waals surface area contributed by atoms with Gasteiger partial charge >= 0.3 is 0 Å². The van der Waals surface area contributed by atoms with Crippen molar-refractivity contribution in [3.05, 3.63) is 12.3 Å². The number of ketones is 2. The quantitative estimate of drug-likeness (QED) is 0.609. The van der Waals surface area contributed by atoms with Gasteiger partial charge in [0, 0.05) is 31.1 Å². The third-order valence-electron chi connectivity index (χ3n) is 2.13. The number of carbonyl (C=O) groups is 2. The molecular formula is C9H10N2O2S. The molecule has 1 atom stereocenters. The monoisotopic (exact) mass is 210 g/mol. The third kappa shape index (κ3) is 1.78. The van der Waals surface area contributed by atoms with Crippen LogP contribution in [0.4, 0.5) is 0 Å². The van der Waals surface area contributed by atoms with Crippen LogP contribution < -0.4 is 5.32 Å². The minimum absolute atomic E-state index is 0.0325. The van der Waals surface area contributed by atoms with E-state index < -0.39 is 11.6 Å². The summed E-state index contributed by atoms with van der Waals surface area (Å²) in [5, 5.41) is 3.21. The second-order valence-electron chi connectivity index (χ2n) is 3.09. The molecule has 0 amide bonds. The number of allylic oxidation sites excluding steroid dienone is 1. The summed E-state index contributed by atoms with van der Waals surface area (Å²) in [4.78, 5) is 26.5. The van der Waals surface area contributed by atoms with Crippen LogP contribution in [0.15, 0.2) is 17.3 Å². The molecule has 2 aliphatic rings. The summed E-state index contributed by atoms with van der Waals surface area (Å²) >= 11 is 1.68. The fourth-order valence-electron chi connectivity index (χ4n) is 1.42. The molecule has 0 spiro atoms. The number of hydrogen-bond acceptors (Lipinski definition) is 5. The Morgan fingerprint density at radius 2 is 2.36 bits per heavy atom. The SMILES string of the molecule is O=C1C=CN=C(C2CNCCS2)C1=O.